The first kappa shape index (κ1) is 17.1. The predicted molar refractivity (Wildman–Crippen MR) is 86.5 cm³/mol. The third-order valence-electron chi connectivity index (χ3n) is 3.09. The summed E-state index contributed by atoms with van der Waals surface area (Å²) in [5.74, 6) is 0.866. The fraction of sp³-hybridized carbons (Fsp3) is 0.500. The molecule has 4 nitrogen and oxygen atoms in total. The molecule has 2 atom stereocenters. The van der Waals surface area contributed by atoms with Crippen LogP contribution in [0, 0.1) is 5.92 Å². The van der Waals surface area contributed by atoms with E-state index in [4.69, 9.17) is 16.7 Å². The van der Waals surface area contributed by atoms with Gasteiger partial charge in [-0.15, -0.1) is 0 Å². The highest BCUT2D eigenvalue weighted by Gasteiger charge is 2.14. The van der Waals surface area contributed by atoms with Crippen LogP contribution < -0.4 is 10.6 Å². The van der Waals surface area contributed by atoms with Crippen molar-refractivity contribution >= 4 is 35.1 Å². The lowest BCUT2D eigenvalue weighted by Crippen LogP contribution is -2.40. The molecular weight excluding hydrogens is 296 g/mol. The summed E-state index contributed by atoms with van der Waals surface area (Å²) in [6.45, 7) is 3.76. The Morgan fingerprint density at radius 3 is 2.75 bits per heavy atom. The molecule has 0 aliphatic carbocycles. The van der Waals surface area contributed by atoms with E-state index in [0.29, 0.717) is 10.7 Å². The molecule has 3 N–H and O–H groups in total. The maximum absolute atomic E-state index is 11.9. The zero-order valence-electron chi connectivity index (χ0n) is 11.9. The standard InChI is InChI=1S/C14H21ClN2O2S/c1-9(7-18)10(2)16-14(19)17-13-6-11(8-20-3)4-5-12(13)15/h4-6,9-10,18H,7-8H2,1-3H3,(H2,16,17,19)/t9-,10-/m0/s1. The number of thioether (sulfide) groups is 1. The van der Waals surface area contributed by atoms with Crippen LogP contribution >= 0.6 is 23.4 Å². The molecule has 112 valence electrons. The number of carbonyl (C=O) groups excluding carboxylic acids is 1. The number of benzene rings is 1. The van der Waals surface area contributed by atoms with Gasteiger partial charge in [-0.1, -0.05) is 24.6 Å². The van der Waals surface area contributed by atoms with Gasteiger partial charge in [0.25, 0.3) is 0 Å². The highest BCUT2D eigenvalue weighted by molar-refractivity contribution is 7.97. The summed E-state index contributed by atoms with van der Waals surface area (Å²) < 4.78 is 0. The number of aliphatic hydroxyl groups excluding tert-OH is 1. The quantitative estimate of drug-likeness (QED) is 0.754. The minimum absolute atomic E-state index is 0.000882. The normalized spacial score (nSPS) is 13.7. The van der Waals surface area contributed by atoms with E-state index in [0.717, 1.165) is 11.3 Å². The number of carbonyl (C=O) groups is 1. The molecule has 0 bridgehead atoms. The molecule has 0 heterocycles. The Morgan fingerprint density at radius 1 is 1.45 bits per heavy atom. The number of rotatable bonds is 6. The number of hydrogen-bond donors (Lipinski definition) is 3. The SMILES string of the molecule is CSCc1ccc(Cl)c(NC(=O)N[C@@H](C)[C@@H](C)CO)c1. The molecule has 0 aliphatic rings. The molecule has 6 heteroatoms. The number of nitrogens with one attached hydrogen (secondary N) is 2. The van der Waals surface area contributed by atoms with Crippen LogP contribution in [0.2, 0.25) is 5.02 Å². The highest BCUT2D eigenvalue weighted by atomic mass is 35.5. The van der Waals surface area contributed by atoms with Crippen LogP contribution in [0.3, 0.4) is 0 Å². The van der Waals surface area contributed by atoms with Gasteiger partial charge in [0, 0.05) is 18.4 Å². The lowest BCUT2D eigenvalue weighted by atomic mass is 10.1. The molecule has 1 aromatic carbocycles. The first-order chi connectivity index (χ1) is 9.47. The monoisotopic (exact) mass is 316 g/mol. The van der Waals surface area contributed by atoms with Crippen molar-refractivity contribution in [3.8, 4) is 0 Å². The molecule has 0 aliphatic heterocycles. The van der Waals surface area contributed by atoms with Crippen LogP contribution in [-0.4, -0.2) is 30.0 Å². The van der Waals surface area contributed by atoms with Crippen LogP contribution in [-0.2, 0) is 5.75 Å². The number of halogens is 1. The van der Waals surface area contributed by atoms with Gasteiger partial charge in [-0.05, 0) is 36.8 Å². The first-order valence-corrected chi connectivity index (χ1v) is 8.20. The second-order valence-electron chi connectivity index (χ2n) is 4.79. The van der Waals surface area contributed by atoms with Crippen molar-refractivity contribution in [3.05, 3.63) is 28.8 Å². The Kier molecular flexibility index (Phi) is 7.19. The van der Waals surface area contributed by atoms with E-state index in [2.05, 4.69) is 10.6 Å². The summed E-state index contributed by atoms with van der Waals surface area (Å²) in [5, 5.41) is 15.1. The molecule has 0 spiro atoms. The molecule has 0 radical (unpaired) electrons. The zero-order chi connectivity index (χ0) is 15.1. The summed E-state index contributed by atoms with van der Waals surface area (Å²) in [6.07, 6.45) is 2.02. The number of hydrogen-bond acceptors (Lipinski definition) is 3. The van der Waals surface area contributed by atoms with Gasteiger partial charge in [0.1, 0.15) is 0 Å². The Bertz CT molecular complexity index is 457. The molecule has 1 aromatic rings. The van der Waals surface area contributed by atoms with Crippen LogP contribution in [0.1, 0.15) is 19.4 Å². The van der Waals surface area contributed by atoms with Crippen molar-refractivity contribution in [3.63, 3.8) is 0 Å². The van der Waals surface area contributed by atoms with Crippen LogP contribution in [0.25, 0.3) is 0 Å². The molecule has 0 aromatic heterocycles. The van der Waals surface area contributed by atoms with Gasteiger partial charge in [0.15, 0.2) is 0 Å². The topological polar surface area (TPSA) is 61.4 Å². The van der Waals surface area contributed by atoms with Crippen molar-refractivity contribution in [2.45, 2.75) is 25.6 Å². The van der Waals surface area contributed by atoms with E-state index >= 15 is 0 Å². The first-order valence-electron chi connectivity index (χ1n) is 6.43. The summed E-state index contributed by atoms with van der Waals surface area (Å²) in [4.78, 5) is 11.9. The minimum atomic E-state index is -0.319. The van der Waals surface area contributed by atoms with Crippen LogP contribution in [0.4, 0.5) is 10.5 Å². The highest BCUT2D eigenvalue weighted by Crippen LogP contribution is 2.24. The van der Waals surface area contributed by atoms with Gasteiger partial charge in [0.05, 0.1) is 10.7 Å². The number of aliphatic hydroxyl groups is 1. The Balaban J connectivity index is 2.67. The second kappa shape index (κ2) is 8.39. The summed E-state index contributed by atoms with van der Waals surface area (Å²) in [7, 11) is 0. The molecule has 0 saturated carbocycles. The summed E-state index contributed by atoms with van der Waals surface area (Å²) >= 11 is 7.78. The van der Waals surface area contributed by atoms with E-state index in [-0.39, 0.29) is 24.6 Å². The molecular formula is C14H21ClN2O2S. The maximum Gasteiger partial charge on any atom is 0.319 e. The van der Waals surface area contributed by atoms with Gasteiger partial charge in [-0.25, -0.2) is 4.79 Å². The molecule has 0 saturated heterocycles. The average Bonchev–Trinajstić information content (AvgIpc) is 2.41. The summed E-state index contributed by atoms with van der Waals surface area (Å²) in [6, 6.07) is 5.16. The van der Waals surface area contributed by atoms with Crippen molar-refractivity contribution in [2.24, 2.45) is 5.92 Å². The molecule has 0 unspecified atom stereocenters. The molecule has 2 amide bonds. The van der Waals surface area contributed by atoms with Gasteiger partial charge < -0.3 is 15.7 Å². The lowest BCUT2D eigenvalue weighted by Gasteiger charge is -2.20. The van der Waals surface area contributed by atoms with Crippen molar-refractivity contribution in [1.29, 1.82) is 0 Å². The fourth-order valence-electron chi connectivity index (χ4n) is 1.59. The van der Waals surface area contributed by atoms with Crippen molar-refractivity contribution < 1.29 is 9.90 Å². The van der Waals surface area contributed by atoms with Crippen molar-refractivity contribution in [1.82, 2.24) is 5.32 Å². The predicted octanol–water partition coefficient (Wildman–Crippen LogP) is 3.34. The number of anilines is 1. The minimum Gasteiger partial charge on any atom is -0.396 e. The summed E-state index contributed by atoms with van der Waals surface area (Å²) in [5.41, 5.74) is 1.70. The van der Waals surface area contributed by atoms with E-state index in [1.165, 1.54) is 0 Å². The van der Waals surface area contributed by atoms with Crippen LogP contribution in [0.15, 0.2) is 18.2 Å². The molecule has 20 heavy (non-hydrogen) atoms. The third kappa shape index (κ3) is 5.23. The Labute approximate surface area is 129 Å². The number of urea groups is 1. The maximum atomic E-state index is 11.9. The fourth-order valence-corrected chi connectivity index (χ4v) is 2.27. The van der Waals surface area contributed by atoms with E-state index in [1.807, 2.05) is 32.2 Å². The van der Waals surface area contributed by atoms with Gasteiger partial charge in [-0.2, -0.15) is 11.8 Å². The molecule has 1 rings (SSSR count). The smallest absolute Gasteiger partial charge is 0.319 e. The number of amides is 2. The van der Waals surface area contributed by atoms with Crippen molar-refractivity contribution in [2.75, 3.05) is 18.2 Å². The van der Waals surface area contributed by atoms with E-state index in [9.17, 15) is 4.79 Å². The Morgan fingerprint density at radius 2 is 2.15 bits per heavy atom. The van der Waals surface area contributed by atoms with Crippen LogP contribution in [0.5, 0.6) is 0 Å². The largest absolute Gasteiger partial charge is 0.396 e. The Hall–Kier alpha value is -0.910. The zero-order valence-corrected chi connectivity index (χ0v) is 13.5. The average molecular weight is 317 g/mol. The van der Waals surface area contributed by atoms with E-state index in [1.54, 1.807) is 17.8 Å². The third-order valence-corrected chi connectivity index (χ3v) is 4.04. The lowest BCUT2D eigenvalue weighted by molar-refractivity contribution is 0.204. The van der Waals surface area contributed by atoms with Gasteiger partial charge in [-0.3, -0.25) is 0 Å². The molecule has 0 fully saturated rings. The van der Waals surface area contributed by atoms with E-state index < -0.39 is 0 Å². The second-order valence-corrected chi connectivity index (χ2v) is 6.07. The van der Waals surface area contributed by atoms with Gasteiger partial charge >= 0.3 is 6.03 Å². The van der Waals surface area contributed by atoms with Gasteiger partial charge in [0.2, 0.25) is 0 Å².